The summed E-state index contributed by atoms with van der Waals surface area (Å²) < 4.78 is 2.92. The Morgan fingerprint density at radius 3 is 2.48 bits per heavy atom. The molecule has 0 aliphatic rings. The van der Waals surface area contributed by atoms with Crippen molar-refractivity contribution in [1.82, 2.24) is 20.1 Å². The molecule has 174 valence electrons. The Balaban J connectivity index is 1.60. The van der Waals surface area contributed by atoms with E-state index in [4.69, 9.17) is 11.6 Å². The molecule has 0 saturated carbocycles. The monoisotopic (exact) mass is 597 g/mol. The van der Waals surface area contributed by atoms with Crippen LogP contribution in [0.4, 0.5) is 5.69 Å². The van der Waals surface area contributed by atoms with Crippen LogP contribution < -0.4 is 10.6 Å². The zero-order valence-corrected chi connectivity index (χ0v) is 22.5. The lowest BCUT2D eigenvalue weighted by Gasteiger charge is -2.15. The van der Waals surface area contributed by atoms with Gasteiger partial charge in [0.1, 0.15) is 0 Å². The predicted molar refractivity (Wildman–Crippen MR) is 141 cm³/mol. The molecule has 0 aliphatic heterocycles. The summed E-state index contributed by atoms with van der Waals surface area (Å²) in [6, 6.07) is 12.3. The van der Waals surface area contributed by atoms with Gasteiger partial charge in [-0.2, -0.15) is 0 Å². The second-order valence-electron chi connectivity index (χ2n) is 7.82. The molecule has 2 amide bonds. The van der Waals surface area contributed by atoms with Crippen LogP contribution >= 0.6 is 46.0 Å². The van der Waals surface area contributed by atoms with E-state index < -0.39 is 0 Å². The van der Waals surface area contributed by atoms with Crippen LogP contribution in [-0.2, 0) is 11.8 Å². The number of aromatic nitrogens is 3. The minimum Gasteiger partial charge on any atom is -0.342 e. The van der Waals surface area contributed by atoms with E-state index in [1.54, 1.807) is 28.8 Å². The molecule has 0 fully saturated rings. The molecular formula is C23H25ClIN5O2S. The third-order valence-corrected chi connectivity index (χ3v) is 6.90. The first-order valence-electron chi connectivity index (χ1n) is 10.3. The SMILES string of the molecule is CC(C)c1cc(I)ccc1NC(=O)CSc1nnc([C@@H](C)NC(=O)c2ccc(Cl)cc2)n1C. The summed E-state index contributed by atoms with van der Waals surface area (Å²) in [6.45, 7) is 6.04. The van der Waals surface area contributed by atoms with E-state index in [2.05, 4.69) is 63.3 Å². The van der Waals surface area contributed by atoms with Gasteiger partial charge in [-0.05, 0) is 83.5 Å². The van der Waals surface area contributed by atoms with Gasteiger partial charge in [0.05, 0.1) is 11.8 Å². The van der Waals surface area contributed by atoms with Gasteiger partial charge >= 0.3 is 0 Å². The van der Waals surface area contributed by atoms with Gasteiger partial charge in [0.25, 0.3) is 5.91 Å². The molecule has 2 N–H and O–H groups in total. The number of nitrogens with one attached hydrogen (secondary N) is 2. The van der Waals surface area contributed by atoms with E-state index in [0.717, 1.165) is 14.8 Å². The number of carbonyl (C=O) groups is 2. The van der Waals surface area contributed by atoms with Crippen LogP contribution in [-0.4, -0.2) is 32.3 Å². The molecule has 1 heterocycles. The summed E-state index contributed by atoms with van der Waals surface area (Å²) in [4.78, 5) is 25.0. The highest BCUT2D eigenvalue weighted by atomic mass is 127. The average Bonchev–Trinajstić information content (AvgIpc) is 3.14. The van der Waals surface area contributed by atoms with E-state index in [0.29, 0.717) is 27.5 Å². The fourth-order valence-corrected chi connectivity index (χ4v) is 4.58. The lowest BCUT2D eigenvalue weighted by atomic mass is 10.0. The minimum atomic E-state index is -0.366. The summed E-state index contributed by atoms with van der Waals surface area (Å²) in [7, 11) is 1.82. The number of hydrogen-bond donors (Lipinski definition) is 2. The van der Waals surface area contributed by atoms with Crippen molar-refractivity contribution < 1.29 is 9.59 Å². The van der Waals surface area contributed by atoms with E-state index in [1.165, 1.54) is 11.8 Å². The topological polar surface area (TPSA) is 88.9 Å². The Labute approximate surface area is 216 Å². The van der Waals surface area contributed by atoms with Crippen LogP contribution in [0.5, 0.6) is 0 Å². The Bertz CT molecular complexity index is 1150. The number of benzene rings is 2. The molecule has 0 saturated heterocycles. The molecule has 0 unspecified atom stereocenters. The number of amides is 2. The predicted octanol–water partition coefficient (Wildman–Crippen LogP) is 5.42. The molecular weight excluding hydrogens is 573 g/mol. The van der Waals surface area contributed by atoms with Gasteiger partial charge in [-0.3, -0.25) is 9.59 Å². The molecule has 1 aromatic heterocycles. The van der Waals surface area contributed by atoms with Crippen molar-refractivity contribution in [3.8, 4) is 0 Å². The van der Waals surface area contributed by atoms with Crippen molar-refractivity contribution in [2.45, 2.75) is 37.9 Å². The molecule has 10 heteroatoms. The maximum absolute atomic E-state index is 12.6. The Hall–Kier alpha value is -2.11. The van der Waals surface area contributed by atoms with E-state index >= 15 is 0 Å². The van der Waals surface area contributed by atoms with Crippen LogP contribution in [0.2, 0.25) is 5.02 Å². The van der Waals surface area contributed by atoms with Gasteiger partial charge in [0, 0.05) is 26.9 Å². The van der Waals surface area contributed by atoms with Gasteiger partial charge in [-0.15, -0.1) is 10.2 Å². The van der Waals surface area contributed by atoms with Crippen LogP contribution in [0.3, 0.4) is 0 Å². The number of hydrogen-bond acceptors (Lipinski definition) is 5. The van der Waals surface area contributed by atoms with E-state index in [1.807, 2.05) is 26.1 Å². The lowest BCUT2D eigenvalue weighted by Crippen LogP contribution is -2.28. The Morgan fingerprint density at radius 1 is 1.12 bits per heavy atom. The molecule has 33 heavy (non-hydrogen) atoms. The summed E-state index contributed by atoms with van der Waals surface area (Å²) in [5, 5.41) is 15.5. The van der Waals surface area contributed by atoms with E-state index in [-0.39, 0.29) is 23.6 Å². The van der Waals surface area contributed by atoms with Crippen LogP contribution in [0.25, 0.3) is 0 Å². The molecule has 0 spiro atoms. The quantitative estimate of drug-likeness (QED) is 0.268. The third-order valence-electron chi connectivity index (χ3n) is 4.95. The summed E-state index contributed by atoms with van der Waals surface area (Å²) >= 11 is 9.45. The average molecular weight is 598 g/mol. The molecule has 2 aromatic carbocycles. The molecule has 0 bridgehead atoms. The molecule has 0 aliphatic carbocycles. The van der Waals surface area contributed by atoms with Gasteiger partial charge in [-0.1, -0.05) is 37.2 Å². The number of thioether (sulfide) groups is 1. The highest BCUT2D eigenvalue weighted by Crippen LogP contribution is 2.27. The van der Waals surface area contributed by atoms with Gasteiger partial charge < -0.3 is 15.2 Å². The lowest BCUT2D eigenvalue weighted by molar-refractivity contribution is -0.113. The highest BCUT2D eigenvalue weighted by Gasteiger charge is 2.19. The smallest absolute Gasteiger partial charge is 0.251 e. The maximum Gasteiger partial charge on any atom is 0.251 e. The van der Waals surface area contributed by atoms with Gasteiger partial charge in [-0.25, -0.2) is 0 Å². The molecule has 1 atom stereocenters. The van der Waals surface area contributed by atoms with Gasteiger partial charge in [0.2, 0.25) is 5.91 Å². The number of carbonyl (C=O) groups excluding carboxylic acids is 2. The summed E-state index contributed by atoms with van der Waals surface area (Å²) in [5.41, 5.74) is 2.44. The summed E-state index contributed by atoms with van der Waals surface area (Å²) in [6.07, 6.45) is 0. The van der Waals surface area contributed by atoms with Crippen molar-refractivity contribution in [3.05, 3.63) is 68.0 Å². The molecule has 0 radical (unpaired) electrons. The maximum atomic E-state index is 12.6. The largest absolute Gasteiger partial charge is 0.342 e. The van der Waals surface area contributed by atoms with Crippen molar-refractivity contribution >= 4 is 63.5 Å². The second kappa shape index (κ2) is 11.3. The van der Waals surface area contributed by atoms with Crippen LogP contribution in [0.15, 0.2) is 47.6 Å². The molecule has 7 nitrogen and oxygen atoms in total. The first-order valence-corrected chi connectivity index (χ1v) is 12.8. The van der Waals surface area contributed by atoms with Crippen molar-refractivity contribution in [3.63, 3.8) is 0 Å². The first-order chi connectivity index (χ1) is 15.7. The molecule has 3 aromatic rings. The van der Waals surface area contributed by atoms with Crippen molar-refractivity contribution in [2.24, 2.45) is 7.05 Å². The number of rotatable bonds is 8. The van der Waals surface area contributed by atoms with Gasteiger partial charge in [0.15, 0.2) is 11.0 Å². The zero-order valence-electron chi connectivity index (χ0n) is 18.7. The number of nitrogens with zero attached hydrogens (tertiary/aromatic N) is 3. The van der Waals surface area contributed by atoms with Crippen molar-refractivity contribution in [1.29, 1.82) is 0 Å². The minimum absolute atomic E-state index is 0.114. The Morgan fingerprint density at radius 2 is 1.82 bits per heavy atom. The normalized spacial score (nSPS) is 12.0. The fourth-order valence-electron chi connectivity index (χ4n) is 3.22. The number of anilines is 1. The summed E-state index contributed by atoms with van der Waals surface area (Å²) in [5.74, 6) is 0.751. The molecule has 3 rings (SSSR count). The van der Waals surface area contributed by atoms with Crippen LogP contribution in [0.1, 0.15) is 54.5 Å². The van der Waals surface area contributed by atoms with E-state index in [9.17, 15) is 9.59 Å². The zero-order chi connectivity index (χ0) is 24.1. The standard InChI is InChI=1S/C23H25ClIN5O2S/c1-13(2)18-11-17(25)9-10-19(18)27-20(31)12-33-23-29-28-21(30(23)4)14(3)26-22(32)15-5-7-16(24)8-6-15/h5-11,13-14H,12H2,1-4H3,(H,26,32)(H,27,31)/t14-/m1/s1. The first kappa shape index (κ1) is 25.5. The fraction of sp³-hybridized carbons (Fsp3) is 0.304. The third kappa shape index (κ3) is 6.70. The van der Waals surface area contributed by atoms with Crippen LogP contribution in [0, 0.1) is 3.57 Å². The second-order valence-corrected chi connectivity index (χ2v) is 10.4. The van der Waals surface area contributed by atoms with Crippen molar-refractivity contribution in [2.75, 3.05) is 11.1 Å². The Kier molecular flexibility index (Phi) is 8.77. The highest BCUT2D eigenvalue weighted by molar-refractivity contribution is 14.1. The number of halogens is 2.